The molecule has 0 spiro atoms. The maximum absolute atomic E-state index is 13.5. The van der Waals surface area contributed by atoms with Crippen molar-refractivity contribution in [3.05, 3.63) is 47.7 Å². The molecule has 0 aliphatic carbocycles. The lowest BCUT2D eigenvalue weighted by Crippen LogP contribution is -2.07. The molecule has 0 saturated carbocycles. The third kappa shape index (κ3) is 3.10. The summed E-state index contributed by atoms with van der Waals surface area (Å²) in [5.41, 5.74) is 0.290. The number of hydrogen-bond acceptors (Lipinski definition) is 2. The lowest BCUT2D eigenvalue weighted by atomic mass is 10.2. The zero-order valence-corrected chi connectivity index (χ0v) is 11.0. The van der Waals surface area contributed by atoms with Gasteiger partial charge in [0.15, 0.2) is 11.6 Å². The Morgan fingerprint density at radius 3 is 2.84 bits per heavy atom. The van der Waals surface area contributed by atoms with E-state index in [0.29, 0.717) is 11.9 Å². The first-order chi connectivity index (χ1) is 9.11. The molecule has 1 N–H and O–H groups in total. The number of halogens is 2. The first kappa shape index (κ1) is 13.5. The number of nitrogens with zero attached hydrogens (tertiary/aromatic N) is 2. The molecule has 1 heterocycles. The van der Waals surface area contributed by atoms with Crippen LogP contribution in [0.2, 0.25) is 0 Å². The van der Waals surface area contributed by atoms with E-state index in [-0.39, 0.29) is 12.1 Å². The van der Waals surface area contributed by atoms with Crippen LogP contribution in [-0.2, 0) is 6.54 Å². The smallest absolute Gasteiger partial charge is 0.163 e. The number of benzene rings is 1. The molecule has 1 unspecified atom stereocenters. The lowest BCUT2D eigenvalue weighted by molar-refractivity contribution is 0.478. The second-order valence-corrected chi connectivity index (χ2v) is 4.50. The van der Waals surface area contributed by atoms with Crippen LogP contribution in [0.3, 0.4) is 0 Å². The fourth-order valence-electron chi connectivity index (χ4n) is 1.74. The molecular weight excluding hydrogens is 248 g/mol. The Morgan fingerprint density at radius 1 is 1.32 bits per heavy atom. The number of hydrogen-bond donors (Lipinski definition) is 1. The van der Waals surface area contributed by atoms with Gasteiger partial charge in [0, 0.05) is 30.4 Å². The van der Waals surface area contributed by atoms with Crippen molar-refractivity contribution in [2.75, 3.05) is 5.32 Å². The Hall–Kier alpha value is -1.91. The summed E-state index contributed by atoms with van der Waals surface area (Å²) in [6, 6.07) is 6.30. The second-order valence-electron chi connectivity index (χ2n) is 4.50. The molecule has 2 aromatic rings. The van der Waals surface area contributed by atoms with E-state index in [2.05, 4.69) is 24.3 Å². The highest BCUT2D eigenvalue weighted by Gasteiger charge is 2.08. The number of aromatic nitrogens is 2. The van der Waals surface area contributed by atoms with Crippen molar-refractivity contribution >= 4 is 5.82 Å². The molecule has 2 rings (SSSR count). The van der Waals surface area contributed by atoms with E-state index in [9.17, 15) is 8.78 Å². The topological polar surface area (TPSA) is 29.9 Å². The predicted molar refractivity (Wildman–Crippen MR) is 70.9 cm³/mol. The molecule has 3 nitrogen and oxygen atoms in total. The maximum Gasteiger partial charge on any atom is 0.163 e. The summed E-state index contributed by atoms with van der Waals surface area (Å²) in [5, 5.41) is 7.33. The Morgan fingerprint density at radius 2 is 2.11 bits per heavy atom. The van der Waals surface area contributed by atoms with Crippen LogP contribution in [-0.4, -0.2) is 9.78 Å². The van der Waals surface area contributed by atoms with Gasteiger partial charge in [-0.3, -0.25) is 4.68 Å². The van der Waals surface area contributed by atoms with Crippen molar-refractivity contribution in [3.63, 3.8) is 0 Å². The van der Waals surface area contributed by atoms with Gasteiger partial charge in [0.25, 0.3) is 0 Å². The summed E-state index contributed by atoms with van der Waals surface area (Å²) >= 11 is 0. The van der Waals surface area contributed by atoms with E-state index in [0.717, 1.165) is 12.5 Å². The highest BCUT2D eigenvalue weighted by atomic mass is 19.2. The molecule has 0 saturated heterocycles. The summed E-state index contributed by atoms with van der Waals surface area (Å²) in [7, 11) is 0. The van der Waals surface area contributed by atoms with Gasteiger partial charge in [0.2, 0.25) is 0 Å². The average molecular weight is 265 g/mol. The van der Waals surface area contributed by atoms with Gasteiger partial charge in [0.05, 0.1) is 0 Å². The first-order valence-corrected chi connectivity index (χ1v) is 6.33. The summed E-state index contributed by atoms with van der Waals surface area (Å²) < 4.78 is 28.3. The highest BCUT2D eigenvalue weighted by Crippen LogP contribution is 2.15. The van der Waals surface area contributed by atoms with E-state index in [1.54, 1.807) is 6.07 Å². The molecule has 102 valence electrons. The Kier molecular flexibility index (Phi) is 4.14. The van der Waals surface area contributed by atoms with E-state index in [4.69, 9.17) is 0 Å². The number of nitrogens with one attached hydrogen (secondary N) is 1. The minimum Gasteiger partial charge on any atom is -0.364 e. The second kappa shape index (κ2) is 5.82. The Bertz CT molecular complexity index is 551. The molecule has 1 atom stereocenters. The van der Waals surface area contributed by atoms with Gasteiger partial charge in [0.1, 0.15) is 5.82 Å². The fourth-order valence-corrected chi connectivity index (χ4v) is 1.74. The molecule has 19 heavy (non-hydrogen) atoms. The van der Waals surface area contributed by atoms with Crippen molar-refractivity contribution in [2.24, 2.45) is 0 Å². The minimum absolute atomic E-state index is 0.209. The molecule has 0 bridgehead atoms. The molecule has 1 aromatic heterocycles. The molecule has 0 fully saturated rings. The SMILES string of the molecule is CCC(C)n1ccc(NCc2cccc(F)c2F)n1. The van der Waals surface area contributed by atoms with Crippen LogP contribution in [0.5, 0.6) is 0 Å². The normalized spacial score (nSPS) is 12.4. The Balaban J connectivity index is 2.02. The predicted octanol–water partition coefficient (Wildman–Crippen LogP) is 3.74. The first-order valence-electron chi connectivity index (χ1n) is 6.33. The van der Waals surface area contributed by atoms with Gasteiger partial charge < -0.3 is 5.32 Å². The van der Waals surface area contributed by atoms with Crippen molar-refractivity contribution < 1.29 is 8.78 Å². The number of rotatable bonds is 5. The third-order valence-corrected chi connectivity index (χ3v) is 3.14. The lowest BCUT2D eigenvalue weighted by Gasteiger charge is -2.08. The molecule has 0 aliphatic heterocycles. The molecule has 5 heteroatoms. The summed E-state index contributed by atoms with van der Waals surface area (Å²) in [6.07, 6.45) is 2.86. The zero-order chi connectivity index (χ0) is 13.8. The van der Waals surface area contributed by atoms with Gasteiger partial charge in [-0.25, -0.2) is 8.78 Å². The number of anilines is 1. The molecule has 0 aliphatic rings. The van der Waals surface area contributed by atoms with Gasteiger partial charge >= 0.3 is 0 Å². The van der Waals surface area contributed by atoms with E-state index >= 15 is 0 Å². The van der Waals surface area contributed by atoms with Crippen LogP contribution >= 0.6 is 0 Å². The molecule has 1 aromatic carbocycles. The summed E-state index contributed by atoms with van der Waals surface area (Å²) in [6.45, 7) is 4.37. The monoisotopic (exact) mass is 265 g/mol. The van der Waals surface area contributed by atoms with E-state index in [1.807, 2.05) is 16.9 Å². The molecule has 0 radical (unpaired) electrons. The average Bonchev–Trinajstić information content (AvgIpc) is 2.88. The van der Waals surface area contributed by atoms with Crippen molar-refractivity contribution in [1.29, 1.82) is 0 Å². The van der Waals surface area contributed by atoms with E-state index in [1.165, 1.54) is 6.07 Å². The third-order valence-electron chi connectivity index (χ3n) is 3.14. The van der Waals surface area contributed by atoms with Gasteiger partial charge in [-0.2, -0.15) is 5.10 Å². The fraction of sp³-hybridized carbons (Fsp3) is 0.357. The van der Waals surface area contributed by atoms with Gasteiger partial charge in [-0.1, -0.05) is 19.1 Å². The molecular formula is C14H17F2N3. The maximum atomic E-state index is 13.5. The standard InChI is InChI=1S/C14H17F2N3/c1-3-10(2)19-8-7-13(18-19)17-9-11-5-4-6-12(15)14(11)16/h4-8,10H,3,9H2,1-2H3,(H,17,18). The summed E-state index contributed by atoms with van der Waals surface area (Å²) in [5.74, 6) is -0.982. The Labute approximate surface area is 111 Å². The van der Waals surface area contributed by atoms with Crippen LogP contribution in [0.25, 0.3) is 0 Å². The van der Waals surface area contributed by atoms with Crippen LogP contribution in [0.15, 0.2) is 30.5 Å². The van der Waals surface area contributed by atoms with Crippen LogP contribution in [0, 0.1) is 11.6 Å². The highest BCUT2D eigenvalue weighted by molar-refractivity contribution is 5.34. The zero-order valence-electron chi connectivity index (χ0n) is 11.0. The van der Waals surface area contributed by atoms with Crippen LogP contribution < -0.4 is 5.32 Å². The van der Waals surface area contributed by atoms with Crippen molar-refractivity contribution in [2.45, 2.75) is 32.9 Å². The van der Waals surface area contributed by atoms with Crippen LogP contribution in [0.1, 0.15) is 31.9 Å². The summed E-state index contributed by atoms with van der Waals surface area (Å²) in [4.78, 5) is 0. The largest absolute Gasteiger partial charge is 0.364 e. The van der Waals surface area contributed by atoms with Crippen molar-refractivity contribution in [3.8, 4) is 0 Å². The van der Waals surface area contributed by atoms with Crippen LogP contribution in [0.4, 0.5) is 14.6 Å². The van der Waals surface area contributed by atoms with Crippen molar-refractivity contribution in [1.82, 2.24) is 9.78 Å². The minimum atomic E-state index is -0.829. The van der Waals surface area contributed by atoms with Gasteiger partial charge in [-0.15, -0.1) is 0 Å². The van der Waals surface area contributed by atoms with E-state index < -0.39 is 11.6 Å². The van der Waals surface area contributed by atoms with Gasteiger partial charge in [-0.05, 0) is 19.4 Å². The molecule has 0 amide bonds. The quantitative estimate of drug-likeness (QED) is 0.892.